The van der Waals surface area contributed by atoms with Crippen LogP contribution in [0.4, 0.5) is 0 Å². The second-order valence-electron chi connectivity index (χ2n) is 6.05. The van der Waals surface area contributed by atoms with Crippen molar-refractivity contribution in [1.29, 1.82) is 0 Å². The zero-order valence-corrected chi connectivity index (χ0v) is 15.3. The van der Waals surface area contributed by atoms with Gasteiger partial charge in [0.1, 0.15) is 16.9 Å². The van der Waals surface area contributed by atoms with Crippen LogP contribution in [0.2, 0.25) is 0 Å². The Labute approximate surface area is 156 Å². The summed E-state index contributed by atoms with van der Waals surface area (Å²) in [6.45, 7) is 3.11. The smallest absolute Gasteiger partial charge is 0.234 e. The summed E-state index contributed by atoms with van der Waals surface area (Å²) >= 11 is 1.65. The standard InChI is InChI=1S/C20H20N2O3S/c1-2-24-17-6-3-5-16(11-17)21-9-8-15(12-21)20-22(19(23)14-26-20)13-18-7-4-10-25-18/h3-12,20H,2,13-14H2,1H3/t20-/m0/s1. The third-order valence-electron chi connectivity index (χ3n) is 4.30. The van der Waals surface area contributed by atoms with Crippen molar-refractivity contribution >= 4 is 17.7 Å². The number of furan rings is 1. The molecule has 0 saturated carbocycles. The maximum Gasteiger partial charge on any atom is 0.234 e. The molecule has 0 bridgehead atoms. The van der Waals surface area contributed by atoms with E-state index in [0.717, 1.165) is 22.8 Å². The summed E-state index contributed by atoms with van der Waals surface area (Å²) in [6.07, 6.45) is 5.74. The van der Waals surface area contributed by atoms with Crippen molar-refractivity contribution in [2.45, 2.75) is 18.8 Å². The number of benzene rings is 1. The fraction of sp³-hybridized carbons (Fsp3) is 0.250. The van der Waals surface area contributed by atoms with Crippen molar-refractivity contribution in [3.05, 3.63) is 72.4 Å². The number of thioether (sulfide) groups is 1. The van der Waals surface area contributed by atoms with E-state index in [1.165, 1.54) is 0 Å². The first-order chi connectivity index (χ1) is 12.7. The molecule has 1 aliphatic rings. The van der Waals surface area contributed by atoms with Crippen LogP contribution in [0.1, 0.15) is 23.6 Å². The highest BCUT2D eigenvalue weighted by Crippen LogP contribution is 2.40. The molecule has 3 heterocycles. The van der Waals surface area contributed by atoms with E-state index in [-0.39, 0.29) is 11.3 Å². The lowest BCUT2D eigenvalue weighted by Gasteiger charge is -2.22. The molecule has 5 nitrogen and oxygen atoms in total. The molecule has 134 valence electrons. The van der Waals surface area contributed by atoms with Gasteiger partial charge in [-0.25, -0.2) is 0 Å². The van der Waals surface area contributed by atoms with Gasteiger partial charge in [-0.05, 0) is 37.3 Å². The maximum atomic E-state index is 12.3. The van der Waals surface area contributed by atoms with Crippen LogP contribution in [0.3, 0.4) is 0 Å². The minimum atomic E-state index is 0.00363. The Bertz CT molecular complexity index is 888. The summed E-state index contributed by atoms with van der Waals surface area (Å²) in [6, 6.07) is 13.8. The third kappa shape index (κ3) is 3.37. The van der Waals surface area contributed by atoms with Gasteiger partial charge < -0.3 is 18.6 Å². The van der Waals surface area contributed by atoms with E-state index in [1.54, 1.807) is 18.0 Å². The largest absolute Gasteiger partial charge is 0.494 e. The van der Waals surface area contributed by atoms with Gasteiger partial charge in [0.05, 0.1) is 25.2 Å². The third-order valence-corrected chi connectivity index (χ3v) is 5.56. The van der Waals surface area contributed by atoms with Crippen molar-refractivity contribution in [2.75, 3.05) is 12.4 Å². The first-order valence-corrected chi connectivity index (χ1v) is 9.64. The predicted molar refractivity (Wildman–Crippen MR) is 101 cm³/mol. The van der Waals surface area contributed by atoms with Crippen LogP contribution in [0.15, 0.2) is 65.5 Å². The van der Waals surface area contributed by atoms with Crippen LogP contribution in [0.25, 0.3) is 5.69 Å². The molecule has 0 N–H and O–H groups in total. The monoisotopic (exact) mass is 368 g/mol. The number of nitrogens with zero attached hydrogens (tertiary/aromatic N) is 2. The molecule has 0 spiro atoms. The van der Waals surface area contributed by atoms with E-state index in [4.69, 9.17) is 9.15 Å². The fourth-order valence-corrected chi connectivity index (χ4v) is 4.26. The van der Waals surface area contributed by atoms with Crippen molar-refractivity contribution in [2.24, 2.45) is 0 Å². The lowest BCUT2D eigenvalue weighted by molar-refractivity contribution is -0.128. The summed E-state index contributed by atoms with van der Waals surface area (Å²) in [5.41, 5.74) is 2.14. The number of carbonyl (C=O) groups is 1. The van der Waals surface area contributed by atoms with Gasteiger partial charge in [0.25, 0.3) is 0 Å². The van der Waals surface area contributed by atoms with E-state index in [1.807, 2.05) is 54.4 Å². The first-order valence-electron chi connectivity index (χ1n) is 8.59. The predicted octanol–water partition coefficient (Wildman–Crippen LogP) is 4.24. The van der Waals surface area contributed by atoms with E-state index in [0.29, 0.717) is 18.9 Å². The van der Waals surface area contributed by atoms with Gasteiger partial charge in [-0.2, -0.15) is 0 Å². The Hall–Kier alpha value is -2.60. The molecule has 4 rings (SSSR count). The summed E-state index contributed by atoms with van der Waals surface area (Å²) in [5, 5.41) is 0.00363. The lowest BCUT2D eigenvalue weighted by atomic mass is 10.3. The summed E-state index contributed by atoms with van der Waals surface area (Å²) in [4.78, 5) is 14.2. The molecule has 2 aromatic heterocycles. The summed E-state index contributed by atoms with van der Waals surface area (Å²) in [7, 11) is 0. The van der Waals surface area contributed by atoms with Gasteiger partial charge in [-0.3, -0.25) is 4.79 Å². The average Bonchev–Trinajstić information content (AvgIpc) is 3.39. The molecule has 3 aromatic rings. The second-order valence-corrected chi connectivity index (χ2v) is 7.12. The quantitative estimate of drug-likeness (QED) is 0.653. The second kappa shape index (κ2) is 7.33. The number of hydrogen-bond acceptors (Lipinski definition) is 4. The Kier molecular flexibility index (Phi) is 4.75. The Morgan fingerprint density at radius 1 is 1.27 bits per heavy atom. The normalized spacial score (nSPS) is 17.0. The minimum Gasteiger partial charge on any atom is -0.494 e. The van der Waals surface area contributed by atoms with E-state index < -0.39 is 0 Å². The number of aromatic nitrogens is 1. The number of amides is 1. The van der Waals surface area contributed by atoms with E-state index in [9.17, 15) is 4.79 Å². The highest BCUT2D eigenvalue weighted by atomic mass is 32.2. The Morgan fingerprint density at radius 2 is 2.19 bits per heavy atom. The van der Waals surface area contributed by atoms with Gasteiger partial charge in [-0.15, -0.1) is 11.8 Å². The van der Waals surface area contributed by atoms with Gasteiger partial charge in [0.15, 0.2) is 0 Å². The molecular formula is C20H20N2O3S. The van der Waals surface area contributed by atoms with Crippen LogP contribution in [0, 0.1) is 0 Å². The van der Waals surface area contributed by atoms with Gasteiger partial charge in [0.2, 0.25) is 5.91 Å². The van der Waals surface area contributed by atoms with Crippen molar-refractivity contribution in [3.8, 4) is 11.4 Å². The topological polar surface area (TPSA) is 47.6 Å². The van der Waals surface area contributed by atoms with Crippen LogP contribution in [-0.4, -0.2) is 27.7 Å². The molecule has 1 saturated heterocycles. The highest BCUT2D eigenvalue weighted by Gasteiger charge is 2.33. The zero-order valence-electron chi connectivity index (χ0n) is 14.5. The highest BCUT2D eigenvalue weighted by molar-refractivity contribution is 8.00. The fourth-order valence-electron chi connectivity index (χ4n) is 3.09. The van der Waals surface area contributed by atoms with Crippen LogP contribution < -0.4 is 4.74 Å². The molecule has 1 aromatic carbocycles. The van der Waals surface area contributed by atoms with Crippen molar-refractivity contribution in [1.82, 2.24) is 9.47 Å². The molecule has 1 fully saturated rings. The molecule has 1 amide bonds. The number of rotatable bonds is 6. The average molecular weight is 368 g/mol. The molecule has 6 heteroatoms. The number of hydrogen-bond donors (Lipinski definition) is 0. The Balaban J connectivity index is 1.57. The van der Waals surface area contributed by atoms with E-state index >= 15 is 0 Å². The van der Waals surface area contributed by atoms with Gasteiger partial charge >= 0.3 is 0 Å². The molecule has 0 aliphatic carbocycles. The van der Waals surface area contributed by atoms with Crippen LogP contribution in [0.5, 0.6) is 5.75 Å². The van der Waals surface area contributed by atoms with Crippen molar-refractivity contribution in [3.63, 3.8) is 0 Å². The molecular weight excluding hydrogens is 348 g/mol. The lowest BCUT2D eigenvalue weighted by Crippen LogP contribution is -2.27. The minimum absolute atomic E-state index is 0.00363. The number of ether oxygens (including phenoxy) is 1. The zero-order chi connectivity index (χ0) is 17.9. The van der Waals surface area contributed by atoms with Gasteiger partial charge in [-0.1, -0.05) is 6.07 Å². The van der Waals surface area contributed by atoms with Crippen LogP contribution in [-0.2, 0) is 11.3 Å². The Morgan fingerprint density at radius 3 is 3.00 bits per heavy atom. The first kappa shape index (κ1) is 16.8. The van der Waals surface area contributed by atoms with Crippen molar-refractivity contribution < 1.29 is 13.9 Å². The maximum absolute atomic E-state index is 12.3. The van der Waals surface area contributed by atoms with Crippen LogP contribution >= 0.6 is 11.8 Å². The number of carbonyl (C=O) groups excluding carboxylic acids is 1. The molecule has 0 unspecified atom stereocenters. The summed E-state index contributed by atoms with van der Waals surface area (Å²) < 4.78 is 13.1. The molecule has 1 aliphatic heterocycles. The van der Waals surface area contributed by atoms with E-state index in [2.05, 4.69) is 16.8 Å². The molecule has 0 radical (unpaired) electrons. The SMILES string of the molecule is CCOc1cccc(-n2ccc([C@@H]3SCC(=O)N3Cc3ccco3)c2)c1. The molecule has 26 heavy (non-hydrogen) atoms. The summed E-state index contributed by atoms with van der Waals surface area (Å²) in [5.74, 6) is 2.29. The molecule has 1 atom stereocenters. The van der Waals surface area contributed by atoms with Gasteiger partial charge in [0, 0.05) is 29.7 Å².